The molecule has 3 aliphatic rings. The van der Waals surface area contributed by atoms with Crippen LogP contribution < -0.4 is 20.9 Å². The van der Waals surface area contributed by atoms with E-state index < -0.39 is 12.0 Å². The molecule has 3 aliphatic heterocycles. The maximum absolute atomic E-state index is 13.7. The molecule has 0 aromatic heterocycles. The summed E-state index contributed by atoms with van der Waals surface area (Å²) in [6, 6.07) is 24.7. The van der Waals surface area contributed by atoms with Gasteiger partial charge in [-0.25, -0.2) is 13.9 Å². The van der Waals surface area contributed by atoms with Gasteiger partial charge in [0.15, 0.2) is 0 Å². The first-order chi connectivity index (χ1) is 32.4. The zero-order chi connectivity index (χ0) is 47.7. The van der Waals surface area contributed by atoms with Gasteiger partial charge in [0.2, 0.25) is 17.6 Å². The molecule has 4 aromatic rings. The number of likely N-dealkylation sites (tertiary alicyclic amines) is 1. The molecular weight excluding hydrogens is 871 g/mol. The van der Waals surface area contributed by atoms with Gasteiger partial charge in [-0.15, -0.1) is 0 Å². The smallest absolute Gasteiger partial charge is 0.377 e. The largest absolute Gasteiger partial charge is 0.511 e. The fourth-order valence-corrected chi connectivity index (χ4v) is 10.5. The Morgan fingerprint density at radius 2 is 1.75 bits per heavy atom. The monoisotopic (exact) mass is 931 g/mol. The van der Waals surface area contributed by atoms with Crippen LogP contribution in [-0.2, 0) is 29.6 Å². The molecule has 0 spiro atoms. The second-order valence-corrected chi connectivity index (χ2v) is 18.7. The van der Waals surface area contributed by atoms with Gasteiger partial charge in [-0.1, -0.05) is 55.3 Å². The number of nitrogens with one attached hydrogen (secondary N) is 3. The molecule has 2 fully saturated rings. The minimum absolute atomic E-state index is 0.119. The number of methoxy groups -OCH3 is 1. The van der Waals surface area contributed by atoms with Crippen molar-refractivity contribution >= 4 is 75.8 Å². The Labute approximate surface area is 396 Å². The number of anilines is 3. The highest BCUT2D eigenvalue weighted by atomic mass is 32.2. The summed E-state index contributed by atoms with van der Waals surface area (Å²) in [5, 5.41) is 20.9. The van der Waals surface area contributed by atoms with Crippen molar-refractivity contribution in [1.29, 1.82) is 0 Å². The maximum atomic E-state index is 13.7. The lowest BCUT2D eigenvalue weighted by molar-refractivity contribution is -0.139. The number of aldehydes is 1. The fraction of sp³-hybridized carbons (Fsp3) is 0.412. The van der Waals surface area contributed by atoms with Crippen LogP contribution in [0.3, 0.4) is 0 Å². The predicted molar refractivity (Wildman–Crippen MR) is 264 cm³/mol. The number of piperidine rings is 2. The lowest BCUT2D eigenvalue weighted by Gasteiger charge is -2.45. The van der Waals surface area contributed by atoms with Crippen LogP contribution in [0.4, 0.5) is 21.9 Å². The van der Waals surface area contributed by atoms with Gasteiger partial charge in [0.1, 0.15) is 18.6 Å². The number of benzene rings is 4. The summed E-state index contributed by atoms with van der Waals surface area (Å²) in [5.41, 5.74) is 5.67. The SMILES string of the molecule is CCCN=C(O/C(=C/O)C(=O)OC)c1cccc(NC2CCN(SCc3cccc(NC(=O)N4CCC(c5ccc6c7c(cccc57)C(=O)N6C(CCC=O)C(=O)NC)CC4)c3)C(C)(C)C2)c1. The van der Waals surface area contributed by atoms with Crippen LogP contribution in [-0.4, -0.2) is 108 Å². The van der Waals surface area contributed by atoms with Crippen LogP contribution in [0.25, 0.3) is 10.8 Å². The van der Waals surface area contributed by atoms with Crippen molar-refractivity contribution in [2.45, 2.75) is 95.0 Å². The van der Waals surface area contributed by atoms with Gasteiger partial charge in [0, 0.05) is 84.9 Å². The van der Waals surface area contributed by atoms with Crippen molar-refractivity contribution in [2.75, 3.05) is 55.9 Å². The van der Waals surface area contributed by atoms with Crippen LogP contribution in [0.15, 0.2) is 95.9 Å². The first-order valence-corrected chi connectivity index (χ1v) is 24.0. The summed E-state index contributed by atoms with van der Waals surface area (Å²) in [5.74, 6) is -0.550. The molecule has 0 radical (unpaired) electrons. The van der Waals surface area contributed by atoms with Crippen LogP contribution >= 0.6 is 11.9 Å². The van der Waals surface area contributed by atoms with E-state index in [2.05, 4.69) is 51.2 Å². The number of rotatable bonds is 17. The number of nitrogens with zero attached hydrogens (tertiary/aromatic N) is 4. The number of aliphatic hydroxyl groups excluding tert-OH is 1. The molecule has 15 nitrogen and oxygen atoms in total. The molecule has 0 aliphatic carbocycles. The van der Waals surface area contributed by atoms with Crippen LogP contribution in [0.2, 0.25) is 0 Å². The van der Waals surface area contributed by atoms with E-state index >= 15 is 0 Å². The Bertz CT molecular complexity index is 2540. The van der Waals surface area contributed by atoms with Crippen LogP contribution in [0, 0.1) is 0 Å². The van der Waals surface area contributed by atoms with Crippen molar-refractivity contribution in [1.82, 2.24) is 14.5 Å². The minimum Gasteiger partial charge on any atom is -0.511 e. The van der Waals surface area contributed by atoms with Crippen molar-refractivity contribution in [3.05, 3.63) is 113 Å². The molecule has 4 aromatic carbocycles. The second-order valence-electron chi connectivity index (χ2n) is 17.7. The Morgan fingerprint density at radius 3 is 2.46 bits per heavy atom. The third kappa shape index (κ3) is 11.1. The normalized spacial score (nSPS) is 18.1. The van der Waals surface area contributed by atoms with Gasteiger partial charge in [-0.2, -0.15) is 0 Å². The van der Waals surface area contributed by atoms with Crippen LogP contribution in [0.1, 0.15) is 98.7 Å². The second kappa shape index (κ2) is 21.9. The highest BCUT2D eigenvalue weighted by molar-refractivity contribution is 7.96. The number of carbonyl (C=O) groups excluding carboxylic acids is 5. The molecule has 2 saturated heterocycles. The molecule has 67 heavy (non-hydrogen) atoms. The third-order valence-electron chi connectivity index (χ3n) is 12.7. The summed E-state index contributed by atoms with van der Waals surface area (Å²) in [4.78, 5) is 71.5. The predicted octanol–water partition coefficient (Wildman–Crippen LogP) is 8.55. The topological polar surface area (TPSA) is 182 Å². The number of hydrogen-bond donors (Lipinski definition) is 4. The Hall–Kier alpha value is -6.39. The zero-order valence-electron chi connectivity index (χ0n) is 38.9. The average Bonchev–Trinajstić information content (AvgIpc) is 3.62. The molecule has 2 atom stereocenters. The minimum atomic E-state index is -0.802. The summed E-state index contributed by atoms with van der Waals surface area (Å²) >= 11 is 1.79. The molecule has 0 saturated carbocycles. The Kier molecular flexibility index (Phi) is 15.9. The number of ether oxygens (including phenoxy) is 2. The number of urea groups is 1. The Balaban J connectivity index is 0.918. The van der Waals surface area contributed by atoms with E-state index in [1.54, 1.807) is 22.9 Å². The van der Waals surface area contributed by atoms with Crippen molar-refractivity contribution in [3.63, 3.8) is 0 Å². The van der Waals surface area contributed by atoms with Gasteiger partial charge in [0.25, 0.3) is 5.91 Å². The van der Waals surface area contributed by atoms with E-state index in [1.165, 1.54) is 14.2 Å². The number of hydrogen-bond acceptors (Lipinski definition) is 12. The summed E-state index contributed by atoms with van der Waals surface area (Å²) in [6.45, 7) is 9.02. The number of esters is 1. The molecular formula is C51H61N7O8S. The fourth-order valence-electron chi connectivity index (χ4n) is 9.40. The highest BCUT2D eigenvalue weighted by Gasteiger charge is 2.39. The summed E-state index contributed by atoms with van der Waals surface area (Å²) < 4.78 is 12.9. The molecule has 7 rings (SSSR count). The van der Waals surface area contributed by atoms with E-state index in [0.29, 0.717) is 42.7 Å². The van der Waals surface area contributed by atoms with E-state index in [4.69, 9.17) is 9.47 Å². The van der Waals surface area contributed by atoms with E-state index in [0.717, 1.165) is 84.0 Å². The third-order valence-corrected chi connectivity index (χ3v) is 14.2. The van der Waals surface area contributed by atoms with E-state index in [9.17, 15) is 29.1 Å². The van der Waals surface area contributed by atoms with Gasteiger partial charge in [-0.3, -0.25) is 19.5 Å². The maximum Gasteiger partial charge on any atom is 0.377 e. The van der Waals surface area contributed by atoms with Gasteiger partial charge in [-0.05, 0) is 117 Å². The van der Waals surface area contributed by atoms with Crippen molar-refractivity contribution < 1.29 is 38.6 Å². The summed E-state index contributed by atoms with van der Waals surface area (Å²) in [7, 11) is 2.75. The standard InChI is InChI=1S/C51H61N7O8S/c1-6-23-53-47(66-44(31-60)49(63)65-5)35-12-8-14-37(29-35)54-38-22-26-57(51(2,3)30-38)67-32-33-11-7-13-36(28-33)55-50(64)56-24-20-34(21-25-56)39-18-19-42-45-40(39)15-9-16-41(45)48(62)58(42)43(17-10-27-59)46(61)52-4/h7-9,11-16,18-19,27-29,31,34,38,43,54,60H,6,10,17,20-26,30,32H2,1-5H3,(H,52,61)(H,55,64)/b44-31+,53-47?. The molecule has 3 heterocycles. The number of carbonyl (C=O) groups is 5. The van der Waals surface area contributed by atoms with E-state index in [1.807, 2.05) is 72.5 Å². The lowest BCUT2D eigenvalue weighted by atomic mass is 9.85. The number of aliphatic imine (C=N–C) groups is 1. The first kappa shape index (κ1) is 48.5. The lowest BCUT2D eigenvalue weighted by Crippen LogP contribution is -2.49. The molecule has 2 unspecified atom stereocenters. The molecule has 0 bridgehead atoms. The first-order valence-electron chi connectivity index (χ1n) is 23.0. The number of likely N-dealkylation sites (N-methyl/N-ethyl adjacent to an activating group) is 1. The average molecular weight is 932 g/mol. The molecule has 16 heteroatoms. The number of amides is 4. The molecule has 4 N–H and O–H groups in total. The highest BCUT2D eigenvalue weighted by Crippen LogP contribution is 2.44. The van der Waals surface area contributed by atoms with Gasteiger partial charge in [0.05, 0.1) is 12.8 Å². The zero-order valence-corrected chi connectivity index (χ0v) is 39.7. The van der Waals surface area contributed by atoms with Gasteiger partial charge >= 0.3 is 12.0 Å². The molecule has 354 valence electrons. The Morgan fingerprint density at radius 1 is 0.985 bits per heavy atom. The van der Waals surface area contributed by atoms with Gasteiger partial charge < -0.3 is 40.2 Å². The summed E-state index contributed by atoms with van der Waals surface area (Å²) in [6.07, 6.45) is 5.87. The van der Waals surface area contributed by atoms with E-state index in [-0.39, 0.29) is 59.8 Å². The van der Waals surface area contributed by atoms with Crippen molar-refractivity contribution in [2.24, 2.45) is 4.99 Å². The van der Waals surface area contributed by atoms with Crippen LogP contribution in [0.5, 0.6) is 0 Å². The molecule has 4 amide bonds. The quantitative estimate of drug-likeness (QED) is 0.0151. The van der Waals surface area contributed by atoms with Crippen molar-refractivity contribution in [3.8, 4) is 0 Å². The number of aliphatic hydroxyl groups is 1.